The van der Waals surface area contributed by atoms with E-state index in [-0.39, 0.29) is 17.8 Å². The van der Waals surface area contributed by atoms with Crippen LogP contribution in [0.5, 0.6) is 0 Å². The van der Waals surface area contributed by atoms with Crippen LogP contribution in [0.2, 0.25) is 0 Å². The third-order valence-corrected chi connectivity index (χ3v) is 3.86. The van der Waals surface area contributed by atoms with Crippen LogP contribution in [-0.2, 0) is 12.7 Å². The highest BCUT2D eigenvalue weighted by Crippen LogP contribution is 2.31. The van der Waals surface area contributed by atoms with Gasteiger partial charge in [-0.3, -0.25) is 14.3 Å². The standard InChI is InChI=1S/C15H13F3N4O2/c1-8-11(13(19)23)12-14(24)21(6-7-22(12)20-8)10-4-2-9(3-5-10)15(16,17)18/h2-5H,6-7H2,1H3,(H2,19,23). The first kappa shape index (κ1) is 16.0. The Morgan fingerprint density at radius 2 is 1.83 bits per heavy atom. The SMILES string of the molecule is Cc1nn2c(c1C(N)=O)C(=O)N(c1ccc(C(F)(F)F)cc1)CC2. The molecule has 0 fully saturated rings. The zero-order valence-corrected chi connectivity index (χ0v) is 12.6. The number of hydrogen-bond acceptors (Lipinski definition) is 3. The molecule has 0 spiro atoms. The van der Waals surface area contributed by atoms with Gasteiger partial charge < -0.3 is 10.6 Å². The molecule has 0 atom stereocenters. The second-order valence-electron chi connectivity index (χ2n) is 5.40. The highest BCUT2D eigenvalue weighted by molar-refractivity contribution is 6.12. The van der Waals surface area contributed by atoms with Crippen molar-refractivity contribution in [2.75, 3.05) is 11.4 Å². The highest BCUT2D eigenvalue weighted by Gasteiger charge is 2.34. The Morgan fingerprint density at radius 3 is 2.38 bits per heavy atom. The van der Waals surface area contributed by atoms with Crippen molar-refractivity contribution in [3.05, 3.63) is 46.8 Å². The summed E-state index contributed by atoms with van der Waals surface area (Å²) in [6.45, 7) is 2.12. The van der Waals surface area contributed by atoms with Gasteiger partial charge in [0.05, 0.1) is 23.4 Å². The Bertz CT molecular complexity index is 824. The normalized spacial score (nSPS) is 14.7. The van der Waals surface area contributed by atoms with Gasteiger partial charge in [-0.05, 0) is 31.2 Å². The molecular formula is C15H13F3N4O2. The number of primary amides is 1. The fourth-order valence-electron chi connectivity index (χ4n) is 2.76. The molecule has 2 aromatic rings. The minimum absolute atomic E-state index is 0.0385. The van der Waals surface area contributed by atoms with Gasteiger partial charge in [0.25, 0.3) is 11.8 Å². The predicted octanol–water partition coefficient (Wildman–Crippen LogP) is 1.97. The first-order valence-electron chi connectivity index (χ1n) is 7.06. The maximum absolute atomic E-state index is 12.7. The molecular weight excluding hydrogens is 325 g/mol. The lowest BCUT2D eigenvalue weighted by molar-refractivity contribution is -0.137. The van der Waals surface area contributed by atoms with Crippen LogP contribution in [0.1, 0.15) is 32.1 Å². The summed E-state index contributed by atoms with van der Waals surface area (Å²) in [5, 5.41) is 4.12. The van der Waals surface area contributed by atoms with Crippen molar-refractivity contribution in [3.63, 3.8) is 0 Å². The Hall–Kier alpha value is -2.84. The molecule has 1 aromatic heterocycles. The molecule has 1 aliphatic rings. The molecule has 9 heteroatoms. The van der Waals surface area contributed by atoms with E-state index < -0.39 is 23.6 Å². The molecule has 0 unspecified atom stereocenters. The molecule has 0 saturated carbocycles. The minimum atomic E-state index is -4.45. The molecule has 2 amide bonds. The van der Waals surface area contributed by atoms with Crippen molar-refractivity contribution in [1.29, 1.82) is 0 Å². The number of halogens is 3. The summed E-state index contributed by atoms with van der Waals surface area (Å²) < 4.78 is 39.3. The van der Waals surface area contributed by atoms with Gasteiger partial charge in [0.15, 0.2) is 0 Å². The zero-order valence-electron chi connectivity index (χ0n) is 12.6. The first-order valence-corrected chi connectivity index (χ1v) is 7.06. The van der Waals surface area contributed by atoms with E-state index in [1.807, 2.05) is 0 Å². The van der Waals surface area contributed by atoms with Gasteiger partial charge in [-0.1, -0.05) is 0 Å². The van der Waals surface area contributed by atoms with Gasteiger partial charge in [-0.15, -0.1) is 0 Å². The fraction of sp³-hybridized carbons (Fsp3) is 0.267. The largest absolute Gasteiger partial charge is 0.416 e. The molecule has 24 heavy (non-hydrogen) atoms. The Morgan fingerprint density at radius 1 is 1.21 bits per heavy atom. The number of hydrogen-bond donors (Lipinski definition) is 1. The number of alkyl halides is 3. The van der Waals surface area contributed by atoms with E-state index in [4.69, 9.17) is 5.73 Å². The van der Waals surface area contributed by atoms with E-state index in [9.17, 15) is 22.8 Å². The second-order valence-corrected chi connectivity index (χ2v) is 5.40. The second kappa shape index (κ2) is 5.36. The van der Waals surface area contributed by atoms with E-state index in [2.05, 4.69) is 5.10 Å². The van der Waals surface area contributed by atoms with Gasteiger partial charge in [-0.25, -0.2) is 0 Å². The maximum Gasteiger partial charge on any atom is 0.416 e. The van der Waals surface area contributed by atoms with E-state index >= 15 is 0 Å². The Labute approximate surface area is 134 Å². The number of aromatic nitrogens is 2. The quantitative estimate of drug-likeness (QED) is 0.909. The Balaban J connectivity index is 1.98. The lowest BCUT2D eigenvalue weighted by Gasteiger charge is -2.28. The number of amides is 2. The molecule has 6 nitrogen and oxygen atoms in total. The summed E-state index contributed by atoms with van der Waals surface area (Å²) in [4.78, 5) is 25.6. The van der Waals surface area contributed by atoms with Crippen LogP contribution < -0.4 is 10.6 Å². The van der Waals surface area contributed by atoms with Crippen LogP contribution in [0.15, 0.2) is 24.3 Å². The fourth-order valence-corrected chi connectivity index (χ4v) is 2.76. The molecule has 0 radical (unpaired) electrons. The molecule has 0 bridgehead atoms. The van der Waals surface area contributed by atoms with Crippen LogP contribution in [0.4, 0.5) is 18.9 Å². The number of carbonyl (C=O) groups excluding carboxylic acids is 2. The molecule has 2 heterocycles. The lowest BCUT2D eigenvalue weighted by atomic mass is 10.1. The lowest BCUT2D eigenvalue weighted by Crippen LogP contribution is -2.41. The number of nitrogens with two attached hydrogens (primary N) is 1. The average Bonchev–Trinajstić information content (AvgIpc) is 2.84. The van der Waals surface area contributed by atoms with Gasteiger partial charge >= 0.3 is 6.18 Å². The van der Waals surface area contributed by atoms with E-state index in [0.29, 0.717) is 17.9 Å². The monoisotopic (exact) mass is 338 g/mol. The van der Waals surface area contributed by atoms with Gasteiger partial charge in [-0.2, -0.15) is 18.3 Å². The van der Waals surface area contributed by atoms with Crippen molar-refractivity contribution in [2.45, 2.75) is 19.6 Å². The number of rotatable bonds is 2. The summed E-state index contributed by atoms with van der Waals surface area (Å²) >= 11 is 0. The first-order chi connectivity index (χ1) is 11.2. The zero-order chi connectivity index (χ0) is 17.6. The van der Waals surface area contributed by atoms with Crippen molar-refractivity contribution in [1.82, 2.24) is 9.78 Å². The van der Waals surface area contributed by atoms with Gasteiger partial charge in [0, 0.05) is 12.2 Å². The van der Waals surface area contributed by atoms with Crippen molar-refractivity contribution in [2.24, 2.45) is 5.73 Å². The van der Waals surface area contributed by atoms with Crippen LogP contribution in [-0.4, -0.2) is 28.1 Å². The third kappa shape index (κ3) is 2.51. The number of fused-ring (bicyclic) bond motifs is 1. The van der Waals surface area contributed by atoms with Crippen molar-refractivity contribution in [3.8, 4) is 0 Å². The van der Waals surface area contributed by atoms with E-state index in [1.54, 1.807) is 6.92 Å². The molecule has 1 aliphatic heterocycles. The Kier molecular flexibility index (Phi) is 3.58. The summed E-state index contributed by atoms with van der Waals surface area (Å²) in [7, 11) is 0. The number of anilines is 1. The molecule has 2 N–H and O–H groups in total. The number of benzene rings is 1. The van der Waals surface area contributed by atoms with Crippen LogP contribution in [0.3, 0.4) is 0 Å². The maximum atomic E-state index is 12.7. The van der Waals surface area contributed by atoms with Crippen LogP contribution >= 0.6 is 0 Å². The van der Waals surface area contributed by atoms with Crippen LogP contribution in [0.25, 0.3) is 0 Å². The van der Waals surface area contributed by atoms with E-state index in [1.165, 1.54) is 21.7 Å². The molecule has 1 aromatic carbocycles. The molecule has 0 saturated heterocycles. The molecule has 3 rings (SSSR count). The minimum Gasteiger partial charge on any atom is -0.365 e. The van der Waals surface area contributed by atoms with E-state index in [0.717, 1.165) is 12.1 Å². The van der Waals surface area contributed by atoms with Gasteiger partial charge in [0.2, 0.25) is 0 Å². The molecule has 126 valence electrons. The topological polar surface area (TPSA) is 81.2 Å². The smallest absolute Gasteiger partial charge is 0.365 e. The summed E-state index contributed by atoms with van der Waals surface area (Å²) in [5.74, 6) is -1.29. The number of aryl methyl sites for hydroxylation is 1. The number of carbonyl (C=O) groups is 2. The highest BCUT2D eigenvalue weighted by atomic mass is 19.4. The van der Waals surface area contributed by atoms with Crippen molar-refractivity contribution < 1.29 is 22.8 Å². The van der Waals surface area contributed by atoms with Gasteiger partial charge in [0.1, 0.15) is 5.69 Å². The summed E-state index contributed by atoms with van der Waals surface area (Å²) in [5.41, 5.74) is 5.27. The molecule has 0 aliphatic carbocycles. The van der Waals surface area contributed by atoms with Crippen molar-refractivity contribution >= 4 is 17.5 Å². The number of nitrogens with zero attached hydrogens (tertiary/aromatic N) is 3. The predicted molar refractivity (Wildman–Crippen MR) is 78.6 cm³/mol. The third-order valence-electron chi connectivity index (χ3n) is 3.86. The average molecular weight is 338 g/mol. The van der Waals surface area contributed by atoms with Crippen LogP contribution in [0, 0.1) is 6.92 Å². The summed E-state index contributed by atoms with van der Waals surface area (Å²) in [6.07, 6.45) is -4.45. The summed E-state index contributed by atoms with van der Waals surface area (Å²) in [6, 6.07) is 4.27.